The molecule has 0 atom stereocenters. The van der Waals surface area contributed by atoms with Gasteiger partial charge in [-0.3, -0.25) is 0 Å². The van der Waals surface area contributed by atoms with Crippen molar-refractivity contribution in [3.05, 3.63) is 47.0 Å². The van der Waals surface area contributed by atoms with E-state index in [4.69, 9.17) is 16.6 Å². The van der Waals surface area contributed by atoms with Gasteiger partial charge in [0.25, 0.3) is 0 Å². The molecule has 2 aromatic rings. The lowest BCUT2D eigenvalue weighted by Crippen LogP contribution is -2.11. The predicted molar refractivity (Wildman–Crippen MR) is 72.5 cm³/mol. The van der Waals surface area contributed by atoms with E-state index in [0.29, 0.717) is 10.7 Å². The average Bonchev–Trinajstić information content (AvgIpc) is 2.63. The SMILES string of the molecule is Cc1cc(C)nc(NC(=S)c2ccc(C)o2)c1. The van der Waals surface area contributed by atoms with E-state index in [1.54, 1.807) is 0 Å². The molecular formula is C13H14N2OS. The Balaban J connectivity index is 2.18. The van der Waals surface area contributed by atoms with Gasteiger partial charge in [-0.1, -0.05) is 12.2 Å². The molecule has 0 radical (unpaired) electrons. The van der Waals surface area contributed by atoms with Crippen molar-refractivity contribution in [2.75, 3.05) is 5.32 Å². The number of aryl methyl sites for hydroxylation is 3. The summed E-state index contributed by atoms with van der Waals surface area (Å²) < 4.78 is 5.45. The van der Waals surface area contributed by atoms with Crippen LogP contribution >= 0.6 is 12.2 Å². The first-order chi connectivity index (χ1) is 8.04. The summed E-state index contributed by atoms with van der Waals surface area (Å²) in [4.78, 5) is 4.92. The van der Waals surface area contributed by atoms with Gasteiger partial charge in [0.1, 0.15) is 16.6 Å². The zero-order chi connectivity index (χ0) is 12.4. The van der Waals surface area contributed by atoms with E-state index in [2.05, 4.69) is 10.3 Å². The Kier molecular flexibility index (Phi) is 3.24. The molecule has 88 valence electrons. The van der Waals surface area contributed by atoms with Gasteiger partial charge in [-0.05, 0) is 50.6 Å². The first-order valence-electron chi connectivity index (χ1n) is 5.37. The van der Waals surface area contributed by atoms with Crippen molar-refractivity contribution < 1.29 is 4.42 Å². The highest BCUT2D eigenvalue weighted by atomic mass is 32.1. The molecule has 0 amide bonds. The topological polar surface area (TPSA) is 38.1 Å². The minimum absolute atomic E-state index is 0.551. The fraction of sp³-hybridized carbons (Fsp3) is 0.231. The van der Waals surface area contributed by atoms with Crippen LogP contribution in [0.25, 0.3) is 0 Å². The van der Waals surface area contributed by atoms with Gasteiger partial charge in [-0.2, -0.15) is 0 Å². The second-order valence-corrected chi connectivity index (χ2v) is 4.44. The highest BCUT2D eigenvalue weighted by Crippen LogP contribution is 2.13. The number of hydrogen-bond acceptors (Lipinski definition) is 3. The number of anilines is 1. The summed E-state index contributed by atoms with van der Waals surface area (Å²) in [6, 6.07) is 7.71. The first-order valence-corrected chi connectivity index (χ1v) is 5.78. The van der Waals surface area contributed by atoms with E-state index in [0.717, 1.165) is 22.8 Å². The highest BCUT2D eigenvalue weighted by molar-refractivity contribution is 7.81. The van der Waals surface area contributed by atoms with Crippen molar-refractivity contribution in [1.82, 2.24) is 4.98 Å². The van der Waals surface area contributed by atoms with E-state index in [9.17, 15) is 0 Å². The lowest BCUT2D eigenvalue weighted by molar-refractivity contribution is 0.527. The standard InChI is InChI=1S/C13H14N2OS/c1-8-6-9(2)14-12(7-8)15-13(17)11-5-4-10(3)16-11/h4-7H,1-3H3,(H,14,15,17). The molecule has 0 saturated heterocycles. The molecule has 2 heterocycles. The summed E-state index contributed by atoms with van der Waals surface area (Å²) in [5.74, 6) is 2.26. The lowest BCUT2D eigenvalue weighted by atomic mass is 10.2. The predicted octanol–water partition coefficient (Wildman–Crippen LogP) is 3.39. The lowest BCUT2D eigenvalue weighted by Gasteiger charge is -2.06. The minimum atomic E-state index is 0.551. The Morgan fingerprint density at radius 2 is 2.00 bits per heavy atom. The van der Waals surface area contributed by atoms with E-state index in [-0.39, 0.29) is 0 Å². The van der Waals surface area contributed by atoms with Crippen molar-refractivity contribution in [2.45, 2.75) is 20.8 Å². The number of pyridine rings is 1. The largest absolute Gasteiger partial charge is 0.459 e. The Morgan fingerprint density at radius 3 is 2.59 bits per heavy atom. The van der Waals surface area contributed by atoms with Gasteiger partial charge in [0, 0.05) is 5.69 Å². The molecule has 0 unspecified atom stereocenters. The molecule has 17 heavy (non-hydrogen) atoms. The molecule has 0 aromatic carbocycles. The number of nitrogens with zero attached hydrogens (tertiary/aromatic N) is 1. The first kappa shape index (κ1) is 11.8. The van der Waals surface area contributed by atoms with E-state index in [1.807, 2.05) is 45.0 Å². The Hall–Kier alpha value is -1.68. The molecule has 3 nitrogen and oxygen atoms in total. The second-order valence-electron chi connectivity index (χ2n) is 4.04. The van der Waals surface area contributed by atoms with Crippen molar-refractivity contribution in [1.29, 1.82) is 0 Å². The summed E-state index contributed by atoms with van der Waals surface area (Å²) in [7, 11) is 0. The van der Waals surface area contributed by atoms with Crippen LogP contribution in [0.2, 0.25) is 0 Å². The van der Waals surface area contributed by atoms with Crippen LogP contribution in [0, 0.1) is 20.8 Å². The molecule has 0 spiro atoms. The van der Waals surface area contributed by atoms with Gasteiger partial charge in [-0.25, -0.2) is 4.98 Å². The fourth-order valence-electron chi connectivity index (χ4n) is 1.64. The number of thiocarbonyl (C=S) groups is 1. The maximum atomic E-state index is 5.45. The van der Waals surface area contributed by atoms with Crippen LogP contribution in [0.4, 0.5) is 5.82 Å². The minimum Gasteiger partial charge on any atom is -0.459 e. The third-order valence-electron chi connectivity index (χ3n) is 2.30. The number of nitrogens with one attached hydrogen (secondary N) is 1. The molecule has 0 aliphatic rings. The molecule has 2 aromatic heterocycles. The quantitative estimate of drug-likeness (QED) is 0.824. The summed E-state index contributed by atoms with van der Waals surface area (Å²) in [5, 5.41) is 3.08. The molecule has 0 aliphatic carbocycles. The van der Waals surface area contributed by atoms with E-state index < -0.39 is 0 Å². The second kappa shape index (κ2) is 4.67. The summed E-state index contributed by atoms with van der Waals surface area (Å²) >= 11 is 5.26. The van der Waals surface area contributed by atoms with Gasteiger partial charge in [0.2, 0.25) is 0 Å². The third kappa shape index (κ3) is 2.91. The molecule has 0 aliphatic heterocycles. The molecular weight excluding hydrogens is 232 g/mol. The Bertz CT molecular complexity index is 540. The van der Waals surface area contributed by atoms with Gasteiger partial charge in [0.15, 0.2) is 5.76 Å². The van der Waals surface area contributed by atoms with Crippen LogP contribution < -0.4 is 5.32 Å². The van der Waals surface area contributed by atoms with Crippen molar-refractivity contribution in [3.63, 3.8) is 0 Å². The van der Waals surface area contributed by atoms with Crippen molar-refractivity contribution in [3.8, 4) is 0 Å². The maximum absolute atomic E-state index is 5.45. The summed E-state index contributed by atoms with van der Waals surface area (Å²) in [6.07, 6.45) is 0. The van der Waals surface area contributed by atoms with Crippen LogP contribution in [0.5, 0.6) is 0 Å². The smallest absolute Gasteiger partial charge is 0.161 e. The zero-order valence-electron chi connectivity index (χ0n) is 10.1. The molecule has 1 N–H and O–H groups in total. The molecule has 0 fully saturated rings. The van der Waals surface area contributed by atoms with Gasteiger partial charge >= 0.3 is 0 Å². The van der Waals surface area contributed by atoms with E-state index in [1.165, 1.54) is 0 Å². The van der Waals surface area contributed by atoms with Crippen LogP contribution in [0.3, 0.4) is 0 Å². The number of aromatic nitrogens is 1. The van der Waals surface area contributed by atoms with Crippen LogP contribution in [0.15, 0.2) is 28.7 Å². The number of rotatable bonds is 2. The van der Waals surface area contributed by atoms with Crippen LogP contribution in [-0.4, -0.2) is 9.97 Å². The Morgan fingerprint density at radius 1 is 1.24 bits per heavy atom. The Labute approximate surface area is 106 Å². The average molecular weight is 246 g/mol. The van der Waals surface area contributed by atoms with Crippen LogP contribution in [0.1, 0.15) is 22.8 Å². The maximum Gasteiger partial charge on any atom is 0.161 e. The normalized spacial score (nSPS) is 10.3. The summed E-state index contributed by atoms with van der Waals surface area (Å²) in [6.45, 7) is 5.87. The third-order valence-corrected chi connectivity index (χ3v) is 2.61. The molecule has 0 saturated carbocycles. The highest BCUT2D eigenvalue weighted by Gasteiger charge is 2.07. The zero-order valence-corrected chi connectivity index (χ0v) is 10.9. The van der Waals surface area contributed by atoms with Gasteiger partial charge in [-0.15, -0.1) is 0 Å². The van der Waals surface area contributed by atoms with Gasteiger partial charge < -0.3 is 9.73 Å². The monoisotopic (exact) mass is 246 g/mol. The number of hydrogen-bond donors (Lipinski definition) is 1. The van der Waals surface area contributed by atoms with Crippen molar-refractivity contribution in [2.24, 2.45) is 0 Å². The summed E-state index contributed by atoms with van der Waals surface area (Å²) in [5.41, 5.74) is 2.12. The molecule has 0 bridgehead atoms. The fourth-order valence-corrected chi connectivity index (χ4v) is 1.85. The molecule has 4 heteroatoms. The molecule has 2 rings (SSSR count). The van der Waals surface area contributed by atoms with Crippen molar-refractivity contribution >= 4 is 23.0 Å². The van der Waals surface area contributed by atoms with Gasteiger partial charge in [0.05, 0.1) is 0 Å². The van der Waals surface area contributed by atoms with Crippen LogP contribution in [-0.2, 0) is 0 Å². The van der Waals surface area contributed by atoms with E-state index >= 15 is 0 Å². The number of furan rings is 1.